The average molecular weight is 302 g/mol. The summed E-state index contributed by atoms with van der Waals surface area (Å²) >= 11 is 1.78. The Kier molecular flexibility index (Phi) is 4.10. The third-order valence-corrected chi connectivity index (χ3v) is 4.52. The van der Waals surface area contributed by atoms with Crippen molar-refractivity contribution in [3.63, 3.8) is 0 Å². The summed E-state index contributed by atoms with van der Waals surface area (Å²) in [6.45, 7) is 0. The van der Waals surface area contributed by atoms with Crippen LogP contribution in [-0.4, -0.2) is 13.2 Å². The molecule has 1 aromatic heterocycles. The number of anilines is 2. The molecule has 1 saturated carbocycles. The molecule has 1 aliphatic carbocycles. The first kappa shape index (κ1) is 13.9. The lowest BCUT2D eigenvalue weighted by atomic mass is 10.1. The highest BCUT2D eigenvalue weighted by atomic mass is 32.1. The van der Waals surface area contributed by atoms with E-state index in [1.165, 1.54) is 24.8 Å². The Bertz CT molecular complexity index is 608. The fraction of sp³-hybridized carbons (Fsp3) is 0.312. The molecule has 1 amide bonds. The number of rotatable bonds is 5. The molecular weight excluding hydrogens is 284 g/mol. The highest BCUT2D eigenvalue weighted by Gasteiger charge is 2.32. The van der Waals surface area contributed by atoms with Gasteiger partial charge in [0.25, 0.3) is 0 Å². The largest absolute Gasteiger partial charge is 0.453 e. The number of methoxy groups -OCH3 is 1. The second-order valence-electron chi connectivity index (χ2n) is 5.17. The number of hydrogen-bond acceptors (Lipinski definition) is 4. The lowest BCUT2D eigenvalue weighted by Gasteiger charge is -2.19. The average Bonchev–Trinajstić information content (AvgIpc) is 3.19. The summed E-state index contributed by atoms with van der Waals surface area (Å²) in [6.07, 6.45) is 2.09. The van der Waals surface area contributed by atoms with Gasteiger partial charge in [-0.3, -0.25) is 5.32 Å². The van der Waals surface area contributed by atoms with E-state index >= 15 is 0 Å². The maximum atomic E-state index is 11.3. The van der Waals surface area contributed by atoms with Crippen LogP contribution in [0.25, 0.3) is 0 Å². The molecule has 1 aromatic carbocycles. The number of ether oxygens (including phenoxy) is 1. The van der Waals surface area contributed by atoms with Crippen LogP contribution in [0.2, 0.25) is 0 Å². The molecule has 4 nitrogen and oxygen atoms in total. The second-order valence-corrected chi connectivity index (χ2v) is 6.15. The predicted octanol–water partition coefficient (Wildman–Crippen LogP) is 4.49. The highest BCUT2D eigenvalue weighted by Crippen LogP contribution is 2.44. The zero-order valence-electron chi connectivity index (χ0n) is 11.8. The van der Waals surface area contributed by atoms with Gasteiger partial charge in [-0.15, -0.1) is 11.3 Å². The zero-order valence-corrected chi connectivity index (χ0v) is 12.7. The standard InChI is InChI=1S/C16H18N2O2S/c1-20-16(19)18-13-5-2-4-12(10-13)17-15(11-7-8-11)14-6-3-9-21-14/h2-6,9-11,15,17H,7-8H2,1H3,(H,18,19). The normalized spacial score (nSPS) is 15.3. The molecule has 3 rings (SSSR count). The first-order chi connectivity index (χ1) is 10.3. The lowest BCUT2D eigenvalue weighted by molar-refractivity contribution is 0.187. The summed E-state index contributed by atoms with van der Waals surface area (Å²) in [6, 6.07) is 12.3. The van der Waals surface area contributed by atoms with Gasteiger partial charge >= 0.3 is 6.09 Å². The van der Waals surface area contributed by atoms with E-state index in [2.05, 4.69) is 32.9 Å². The minimum absolute atomic E-state index is 0.360. The smallest absolute Gasteiger partial charge is 0.411 e. The first-order valence-corrected chi connectivity index (χ1v) is 7.89. The van der Waals surface area contributed by atoms with Crippen LogP contribution in [0.15, 0.2) is 41.8 Å². The third kappa shape index (κ3) is 3.55. The molecular formula is C16H18N2O2S. The van der Waals surface area contributed by atoms with Gasteiger partial charge < -0.3 is 10.1 Å². The SMILES string of the molecule is COC(=O)Nc1cccc(NC(c2cccs2)C2CC2)c1. The number of nitrogens with one attached hydrogen (secondary N) is 2. The van der Waals surface area contributed by atoms with E-state index in [0.717, 1.165) is 11.4 Å². The van der Waals surface area contributed by atoms with Crippen molar-refractivity contribution in [2.24, 2.45) is 5.92 Å². The molecule has 0 aliphatic heterocycles. The zero-order chi connectivity index (χ0) is 14.7. The predicted molar refractivity (Wildman–Crippen MR) is 85.9 cm³/mol. The molecule has 110 valence electrons. The monoisotopic (exact) mass is 302 g/mol. The minimum atomic E-state index is -0.454. The van der Waals surface area contributed by atoms with Crippen LogP contribution < -0.4 is 10.6 Å². The Balaban J connectivity index is 1.74. The number of amides is 1. The Morgan fingerprint density at radius 2 is 2.10 bits per heavy atom. The van der Waals surface area contributed by atoms with Gasteiger partial charge in [-0.2, -0.15) is 0 Å². The van der Waals surface area contributed by atoms with Gasteiger partial charge in [-0.1, -0.05) is 12.1 Å². The fourth-order valence-corrected chi connectivity index (χ4v) is 3.22. The van der Waals surface area contributed by atoms with E-state index in [1.807, 2.05) is 24.3 Å². The van der Waals surface area contributed by atoms with Gasteiger partial charge in [0.15, 0.2) is 0 Å². The Hall–Kier alpha value is -2.01. The van der Waals surface area contributed by atoms with Crippen LogP contribution in [0.4, 0.5) is 16.2 Å². The number of hydrogen-bond donors (Lipinski definition) is 2. The van der Waals surface area contributed by atoms with Crippen molar-refractivity contribution in [1.82, 2.24) is 0 Å². The molecule has 0 radical (unpaired) electrons. The van der Waals surface area contributed by atoms with Crippen LogP contribution >= 0.6 is 11.3 Å². The van der Waals surface area contributed by atoms with Crippen molar-refractivity contribution >= 4 is 28.8 Å². The molecule has 1 aliphatic rings. The summed E-state index contributed by atoms with van der Waals surface area (Å²) < 4.78 is 4.61. The number of benzene rings is 1. The summed E-state index contributed by atoms with van der Waals surface area (Å²) in [5.74, 6) is 0.709. The van der Waals surface area contributed by atoms with Crippen LogP contribution in [0, 0.1) is 5.92 Å². The molecule has 0 bridgehead atoms. The van der Waals surface area contributed by atoms with Gasteiger partial charge in [0, 0.05) is 16.3 Å². The number of carbonyl (C=O) groups excluding carboxylic acids is 1. The Labute approximate surface area is 128 Å². The topological polar surface area (TPSA) is 50.4 Å². The minimum Gasteiger partial charge on any atom is -0.453 e. The maximum Gasteiger partial charge on any atom is 0.411 e. The van der Waals surface area contributed by atoms with E-state index in [0.29, 0.717) is 12.0 Å². The molecule has 2 aromatic rings. The van der Waals surface area contributed by atoms with Crippen molar-refractivity contribution in [3.8, 4) is 0 Å². The Morgan fingerprint density at radius 3 is 2.76 bits per heavy atom. The molecule has 1 unspecified atom stereocenters. The van der Waals surface area contributed by atoms with Crippen molar-refractivity contribution < 1.29 is 9.53 Å². The first-order valence-electron chi connectivity index (χ1n) is 7.01. The van der Waals surface area contributed by atoms with Crippen LogP contribution in [0.5, 0.6) is 0 Å². The summed E-state index contributed by atoms with van der Waals surface area (Å²) in [5.41, 5.74) is 1.74. The van der Waals surface area contributed by atoms with Crippen molar-refractivity contribution in [2.75, 3.05) is 17.7 Å². The van der Waals surface area contributed by atoms with E-state index in [4.69, 9.17) is 0 Å². The second kappa shape index (κ2) is 6.18. The van der Waals surface area contributed by atoms with Gasteiger partial charge in [-0.25, -0.2) is 4.79 Å². The van der Waals surface area contributed by atoms with Gasteiger partial charge in [0.05, 0.1) is 13.2 Å². The van der Waals surface area contributed by atoms with E-state index in [-0.39, 0.29) is 0 Å². The molecule has 5 heteroatoms. The van der Waals surface area contributed by atoms with Gasteiger partial charge in [0.1, 0.15) is 0 Å². The quantitative estimate of drug-likeness (QED) is 0.855. The molecule has 2 N–H and O–H groups in total. The molecule has 1 heterocycles. The summed E-state index contributed by atoms with van der Waals surface area (Å²) in [5, 5.41) is 8.39. The van der Waals surface area contributed by atoms with E-state index in [1.54, 1.807) is 11.3 Å². The summed E-state index contributed by atoms with van der Waals surface area (Å²) in [7, 11) is 1.36. The van der Waals surface area contributed by atoms with Crippen molar-refractivity contribution in [1.29, 1.82) is 0 Å². The number of thiophene rings is 1. The van der Waals surface area contributed by atoms with Gasteiger partial charge in [-0.05, 0) is 48.4 Å². The Morgan fingerprint density at radius 1 is 1.29 bits per heavy atom. The van der Waals surface area contributed by atoms with Crippen LogP contribution in [-0.2, 0) is 4.74 Å². The molecule has 1 atom stereocenters. The van der Waals surface area contributed by atoms with Crippen molar-refractivity contribution in [3.05, 3.63) is 46.7 Å². The lowest BCUT2D eigenvalue weighted by Crippen LogP contribution is -2.13. The van der Waals surface area contributed by atoms with E-state index in [9.17, 15) is 4.79 Å². The summed E-state index contributed by atoms with van der Waals surface area (Å²) in [4.78, 5) is 12.6. The molecule has 21 heavy (non-hydrogen) atoms. The maximum absolute atomic E-state index is 11.3. The van der Waals surface area contributed by atoms with Crippen molar-refractivity contribution in [2.45, 2.75) is 18.9 Å². The third-order valence-electron chi connectivity index (χ3n) is 3.56. The van der Waals surface area contributed by atoms with Crippen LogP contribution in [0.1, 0.15) is 23.8 Å². The molecule has 0 saturated heterocycles. The van der Waals surface area contributed by atoms with Gasteiger partial charge in [0.2, 0.25) is 0 Å². The van der Waals surface area contributed by atoms with E-state index < -0.39 is 6.09 Å². The van der Waals surface area contributed by atoms with Crippen LogP contribution in [0.3, 0.4) is 0 Å². The highest BCUT2D eigenvalue weighted by molar-refractivity contribution is 7.10. The molecule has 0 spiro atoms. The number of carbonyl (C=O) groups is 1. The fourth-order valence-electron chi connectivity index (χ4n) is 2.35. The molecule has 1 fully saturated rings.